The van der Waals surface area contributed by atoms with Gasteiger partial charge in [-0.25, -0.2) is 0 Å². The maximum Gasteiger partial charge on any atom is 0.124 e. The normalized spacial score (nSPS) is 17.9. The lowest BCUT2D eigenvalue weighted by atomic mass is 10.0. The van der Waals surface area contributed by atoms with Gasteiger partial charge in [0.25, 0.3) is 0 Å². The van der Waals surface area contributed by atoms with Crippen LogP contribution < -0.4 is 4.74 Å². The summed E-state index contributed by atoms with van der Waals surface area (Å²) in [6.07, 6.45) is 1.67. The van der Waals surface area contributed by atoms with Crippen molar-refractivity contribution >= 4 is 0 Å². The van der Waals surface area contributed by atoms with Gasteiger partial charge in [0.05, 0.1) is 26.4 Å². The number of rotatable bonds is 6. The number of ether oxygens (including phenoxy) is 3. The van der Waals surface area contributed by atoms with Gasteiger partial charge in [-0.05, 0) is 43.4 Å². The van der Waals surface area contributed by atoms with Crippen LogP contribution in [-0.4, -0.2) is 32.0 Å². The summed E-state index contributed by atoms with van der Waals surface area (Å²) >= 11 is 0. The summed E-state index contributed by atoms with van der Waals surface area (Å²) in [4.78, 5) is 0. The quantitative estimate of drug-likeness (QED) is 0.870. The molecule has 1 aromatic carbocycles. The second-order valence-corrected chi connectivity index (χ2v) is 5.32. The van der Waals surface area contributed by atoms with E-state index >= 15 is 0 Å². The molecule has 1 fully saturated rings. The Balaban J connectivity index is 1.91. The summed E-state index contributed by atoms with van der Waals surface area (Å²) in [5, 5.41) is 9.65. The Morgan fingerprint density at radius 1 is 1.35 bits per heavy atom. The third kappa shape index (κ3) is 4.20. The second kappa shape index (κ2) is 7.62. The lowest BCUT2D eigenvalue weighted by molar-refractivity contribution is 0.0153. The van der Waals surface area contributed by atoms with Gasteiger partial charge in [-0.15, -0.1) is 0 Å². The van der Waals surface area contributed by atoms with Gasteiger partial charge in [0, 0.05) is 18.8 Å². The average Bonchev–Trinajstić information content (AvgIpc) is 2.48. The van der Waals surface area contributed by atoms with E-state index in [1.54, 1.807) is 14.0 Å². The highest BCUT2D eigenvalue weighted by Crippen LogP contribution is 2.24. The summed E-state index contributed by atoms with van der Waals surface area (Å²) in [6.45, 7) is 4.71. The fraction of sp³-hybridized carbons (Fsp3) is 0.625. The van der Waals surface area contributed by atoms with E-state index in [0.29, 0.717) is 12.5 Å². The van der Waals surface area contributed by atoms with E-state index in [1.165, 1.54) is 0 Å². The molecule has 0 aliphatic carbocycles. The van der Waals surface area contributed by atoms with Crippen molar-refractivity contribution in [1.29, 1.82) is 0 Å². The zero-order valence-corrected chi connectivity index (χ0v) is 12.3. The van der Waals surface area contributed by atoms with Gasteiger partial charge in [0.15, 0.2) is 0 Å². The third-order valence-corrected chi connectivity index (χ3v) is 3.74. The fourth-order valence-electron chi connectivity index (χ4n) is 2.42. The highest BCUT2D eigenvalue weighted by molar-refractivity contribution is 5.37. The first kappa shape index (κ1) is 15.3. The van der Waals surface area contributed by atoms with Crippen molar-refractivity contribution in [2.45, 2.75) is 32.5 Å². The number of hydrogen-bond donors (Lipinski definition) is 1. The summed E-state index contributed by atoms with van der Waals surface area (Å²) in [7, 11) is 1.65. The second-order valence-electron chi connectivity index (χ2n) is 5.32. The summed E-state index contributed by atoms with van der Waals surface area (Å²) in [6, 6.07) is 5.72. The van der Waals surface area contributed by atoms with Gasteiger partial charge in [0.2, 0.25) is 0 Å². The molecular weight excluding hydrogens is 256 g/mol. The van der Waals surface area contributed by atoms with Crippen molar-refractivity contribution in [2.75, 3.05) is 26.9 Å². The Hall–Kier alpha value is -1.10. The van der Waals surface area contributed by atoms with Crippen molar-refractivity contribution < 1.29 is 19.3 Å². The molecular formula is C16H24O4. The standard InChI is InChI=1S/C16H24O4/c1-12(17)14-3-4-16(18-2)15(9-14)11-20-10-13-5-7-19-8-6-13/h3-4,9,12-13,17H,5-8,10-11H2,1-2H3. The molecule has 0 spiro atoms. The SMILES string of the molecule is COc1ccc(C(C)O)cc1COCC1CCOCC1. The van der Waals surface area contributed by atoms with E-state index < -0.39 is 6.10 Å². The molecule has 1 aromatic rings. The molecule has 0 saturated carbocycles. The first-order valence-corrected chi connectivity index (χ1v) is 7.21. The number of aliphatic hydroxyl groups is 1. The summed E-state index contributed by atoms with van der Waals surface area (Å²) in [5.41, 5.74) is 1.87. The molecule has 2 rings (SSSR count). The zero-order chi connectivity index (χ0) is 14.4. The molecule has 4 heteroatoms. The molecule has 4 nitrogen and oxygen atoms in total. The largest absolute Gasteiger partial charge is 0.496 e. The minimum atomic E-state index is -0.477. The average molecular weight is 280 g/mol. The minimum absolute atomic E-state index is 0.477. The third-order valence-electron chi connectivity index (χ3n) is 3.74. The maximum absolute atomic E-state index is 9.65. The van der Waals surface area contributed by atoms with Gasteiger partial charge in [-0.3, -0.25) is 0 Å². The van der Waals surface area contributed by atoms with Crippen LogP contribution in [-0.2, 0) is 16.1 Å². The van der Waals surface area contributed by atoms with Crippen molar-refractivity contribution in [3.63, 3.8) is 0 Å². The highest BCUT2D eigenvalue weighted by Gasteiger charge is 2.14. The van der Waals surface area contributed by atoms with E-state index in [2.05, 4.69) is 0 Å². The van der Waals surface area contributed by atoms with Crippen LogP contribution in [0.25, 0.3) is 0 Å². The molecule has 1 aliphatic rings. The Labute approximate surface area is 120 Å². The van der Waals surface area contributed by atoms with Crippen molar-refractivity contribution in [2.24, 2.45) is 5.92 Å². The first-order valence-electron chi connectivity index (χ1n) is 7.21. The highest BCUT2D eigenvalue weighted by atomic mass is 16.5. The first-order chi connectivity index (χ1) is 9.70. The van der Waals surface area contributed by atoms with Crippen LogP contribution in [0.2, 0.25) is 0 Å². The Kier molecular flexibility index (Phi) is 5.83. The van der Waals surface area contributed by atoms with Crippen LogP contribution in [0.4, 0.5) is 0 Å². The predicted octanol–water partition coefficient (Wildman–Crippen LogP) is 2.69. The van der Waals surface area contributed by atoms with Gasteiger partial charge >= 0.3 is 0 Å². The van der Waals surface area contributed by atoms with Crippen LogP contribution in [0.15, 0.2) is 18.2 Å². The molecule has 0 aromatic heterocycles. The van der Waals surface area contributed by atoms with Crippen molar-refractivity contribution in [1.82, 2.24) is 0 Å². The number of aliphatic hydroxyl groups excluding tert-OH is 1. The molecule has 0 radical (unpaired) electrons. The smallest absolute Gasteiger partial charge is 0.124 e. The monoisotopic (exact) mass is 280 g/mol. The van der Waals surface area contributed by atoms with Crippen LogP contribution in [0.1, 0.15) is 37.0 Å². The molecule has 1 atom stereocenters. The molecule has 0 amide bonds. The lowest BCUT2D eigenvalue weighted by Gasteiger charge is -2.22. The number of hydrogen-bond acceptors (Lipinski definition) is 4. The fourth-order valence-corrected chi connectivity index (χ4v) is 2.42. The molecule has 1 N–H and O–H groups in total. The minimum Gasteiger partial charge on any atom is -0.496 e. The van der Waals surface area contributed by atoms with Crippen LogP contribution in [0.3, 0.4) is 0 Å². The molecule has 112 valence electrons. The molecule has 0 bridgehead atoms. The van der Waals surface area contributed by atoms with Gasteiger partial charge in [-0.1, -0.05) is 6.07 Å². The predicted molar refractivity (Wildman–Crippen MR) is 76.8 cm³/mol. The van der Waals surface area contributed by atoms with E-state index in [0.717, 1.165) is 49.5 Å². The van der Waals surface area contributed by atoms with Gasteiger partial charge < -0.3 is 19.3 Å². The van der Waals surface area contributed by atoms with E-state index in [-0.39, 0.29) is 0 Å². The van der Waals surface area contributed by atoms with Crippen LogP contribution >= 0.6 is 0 Å². The van der Waals surface area contributed by atoms with Gasteiger partial charge in [0.1, 0.15) is 5.75 Å². The number of benzene rings is 1. The summed E-state index contributed by atoms with van der Waals surface area (Å²) in [5.74, 6) is 1.40. The Bertz CT molecular complexity index is 411. The molecule has 1 unspecified atom stereocenters. The van der Waals surface area contributed by atoms with E-state index in [4.69, 9.17) is 14.2 Å². The van der Waals surface area contributed by atoms with Crippen molar-refractivity contribution in [3.05, 3.63) is 29.3 Å². The molecule has 1 heterocycles. The van der Waals surface area contributed by atoms with Crippen molar-refractivity contribution in [3.8, 4) is 5.75 Å². The van der Waals surface area contributed by atoms with Crippen LogP contribution in [0.5, 0.6) is 5.75 Å². The Morgan fingerprint density at radius 3 is 2.75 bits per heavy atom. The lowest BCUT2D eigenvalue weighted by Crippen LogP contribution is -2.20. The number of methoxy groups -OCH3 is 1. The van der Waals surface area contributed by atoms with E-state index in [9.17, 15) is 5.11 Å². The van der Waals surface area contributed by atoms with E-state index in [1.807, 2.05) is 18.2 Å². The summed E-state index contributed by atoms with van der Waals surface area (Å²) < 4.78 is 16.5. The maximum atomic E-state index is 9.65. The topological polar surface area (TPSA) is 47.9 Å². The zero-order valence-electron chi connectivity index (χ0n) is 12.3. The molecule has 1 saturated heterocycles. The van der Waals surface area contributed by atoms with Gasteiger partial charge in [-0.2, -0.15) is 0 Å². The molecule has 1 aliphatic heterocycles. The Morgan fingerprint density at radius 2 is 2.10 bits per heavy atom. The van der Waals surface area contributed by atoms with Crippen LogP contribution in [0, 0.1) is 5.92 Å². The molecule has 20 heavy (non-hydrogen) atoms.